The van der Waals surface area contributed by atoms with Crippen molar-refractivity contribution in [2.75, 3.05) is 25.1 Å². The Morgan fingerprint density at radius 2 is 2.11 bits per heavy atom. The molecule has 0 unspecified atom stereocenters. The Kier molecular flexibility index (Phi) is 3.38. The van der Waals surface area contributed by atoms with Crippen LogP contribution in [0, 0.1) is 5.41 Å². The number of anilines is 1. The van der Waals surface area contributed by atoms with Crippen LogP contribution in [0.4, 0.5) is 18.9 Å². The lowest BCUT2D eigenvalue weighted by atomic mass is 9.89. The van der Waals surface area contributed by atoms with E-state index in [9.17, 15) is 13.2 Å². The van der Waals surface area contributed by atoms with Crippen molar-refractivity contribution in [1.29, 1.82) is 0 Å². The predicted octanol–water partition coefficient (Wildman–Crippen LogP) is 3.03. The van der Waals surface area contributed by atoms with Crippen LogP contribution in [0.5, 0.6) is 5.75 Å². The van der Waals surface area contributed by atoms with Crippen LogP contribution >= 0.6 is 0 Å². The largest absolute Gasteiger partial charge is 0.573 e. The number of halogens is 3. The third-order valence-corrected chi connectivity index (χ3v) is 2.69. The number of alkyl halides is 3. The highest BCUT2D eigenvalue weighted by atomic mass is 19.4. The van der Waals surface area contributed by atoms with Crippen molar-refractivity contribution in [3.8, 4) is 5.75 Å². The number of benzene rings is 1. The minimum Gasteiger partial charge on any atom is -0.406 e. The first-order chi connectivity index (χ1) is 8.36. The molecular weight excluding hydrogens is 247 g/mol. The number of nitrogens with one attached hydrogen (secondary N) is 1. The molecule has 1 N–H and O–H groups in total. The minimum atomic E-state index is -4.66. The van der Waals surface area contributed by atoms with Gasteiger partial charge in [0.2, 0.25) is 0 Å². The van der Waals surface area contributed by atoms with E-state index in [2.05, 4.69) is 17.0 Å². The molecule has 3 nitrogen and oxygen atoms in total. The van der Waals surface area contributed by atoms with Gasteiger partial charge in [0, 0.05) is 23.7 Å². The maximum Gasteiger partial charge on any atom is 0.573 e. The maximum atomic E-state index is 12.1. The van der Waals surface area contributed by atoms with Crippen LogP contribution in [0.15, 0.2) is 24.3 Å². The maximum absolute atomic E-state index is 12.1. The second-order valence-corrected chi connectivity index (χ2v) is 4.73. The first kappa shape index (κ1) is 13.0. The molecule has 0 spiro atoms. The molecule has 1 heterocycles. The van der Waals surface area contributed by atoms with Crippen molar-refractivity contribution in [1.82, 2.24) is 0 Å². The summed E-state index contributed by atoms with van der Waals surface area (Å²) in [5.74, 6) is -0.220. The Bertz CT molecular complexity index is 416. The van der Waals surface area contributed by atoms with Crippen LogP contribution in [-0.4, -0.2) is 26.1 Å². The highest BCUT2D eigenvalue weighted by Gasteiger charge is 2.33. The highest BCUT2D eigenvalue weighted by molar-refractivity contribution is 5.48. The lowest BCUT2D eigenvalue weighted by Gasteiger charge is -2.38. The molecule has 1 aliphatic heterocycles. The van der Waals surface area contributed by atoms with Crippen LogP contribution in [-0.2, 0) is 4.74 Å². The second-order valence-electron chi connectivity index (χ2n) is 4.73. The van der Waals surface area contributed by atoms with E-state index in [0.29, 0.717) is 25.4 Å². The van der Waals surface area contributed by atoms with Gasteiger partial charge in [-0.05, 0) is 12.1 Å². The molecule has 1 aromatic carbocycles. The van der Waals surface area contributed by atoms with E-state index in [4.69, 9.17) is 4.74 Å². The van der Waals surface area contributed by atoms with Gasteiger partial charge >= 0.3 is 6.36 Å². The minimum absolute atomic E-state index is 0.0564. The van der Waals surface area contributed by atoms with E-state index in [0.717, 1.165) is 0 Å². The Morgan fingerprint density at radius 3 is 2.67 bits per heavy atom. The van der Waals surface area contributed by atoms with Crippen molar-refractivity contribution < 1.29 is 22.6 Å². The fourth-order valence-corrected chi connectivity index (χ4v) is 1.67. The second kappa shape index (κ2) is 4.68. The summed E-state index contributed by atoms with van der Waals surface area (Å²) < 4.78 is 45.1. The number of hydrogen-bond acceptors (Lipinski definition) is 3. The van der Waals surface area contributed by atoms with Gasteiger partial charge in [0.25, 0.3) is 0 Å². The molecule has 1 fully saturated rings. The predicted molar refractivity (Wildman–Crippen MR) is 60.5 cm³/mol. The highest BCUT2D eigenvalue weighted by Crippen LogP contribution is 2.28. The zero-order valence-electron chi connectivity index (χ0n) is 9.88. The van der Waals surface area contributed by atoms with E-state index >= 15 is 0 Å². The van der Waals surface area contributed by atoms with Crippen molar-refractivity contribution in [2.24, 2.45) is 5.41 Å². The smallest absolute Gasteiger partial charge is 0.406 e. The Balaban J connectivity index is 1.94. The van der Waals surface area contributed by atoms with Crippen LogP contribution in [0.3, 0.4) is 0 Å². The van der Waals surface area contributed by atoms with E-state index in [1.807, 2.05) is 0 Å². The summed E-state index contributed by atoms with van der Waals surface area (Å²) in [7, 11) is 0. The van der Waals surface area contributed by atoms with E-state index in [1.165, 1.54) is 18.2 Å². The first-order valence-corrected chi connectivity index (χ1v) is 5.54. The van der Waals surface area contributed by atoms with Gasteiger partial charge in [-0.15, -0.1) is 13.2 Å². The summed E-state index contributed by atoms with van der Waals surface area (Å²) >= 11 is 0. The third-order valence-electron chi connectivity index (χ3n) is 2.69. The Hall–Kier alpha value is -1.43. The monoisotopic (exact) mass is 261 g/mol. The topological polar surface area (TPSA) is 30.5 Å². The summed E-state index contributed by atoms with van der Waals surface area (Å²) in [6.07, 6.45) is -4.66. The number of rotatable bonds is 4. The fraction of sp³-hybridized carbons (Fsp3) is 0.500. The van der Waals surface area contributed by atoms with Crippen LogP contribution in [0.1, 0.15) is 6.92 Å². The SMILES string of the molecule is CC1(CNc2cccc(OC(F)(F)F)c2)COC1. The molecule has 0 bridgehead atoms. The first-order valence-electron chi connectivity index (χ1n) is 5.54. The summed E-state index contributed by atoms with van der Waals surface area (Å²) in [6.45, 7) is 4.04. The van der Waals surface area contributed by atoms with E-state index in [-0.39, 0.29) is 11.2 Å². The summed E-state index contributed by atoms with van der Waals surface area (Å²) in [5, 5.41) is 3.09. The van der Waals surface area contributed by atoms with Gasteiger partial charge in [0.15, 0.2) is 0 Å². The molecule has 100 valence electrons. The summed E-state index contributed by atoms with van der Waals surface area (Å²) in [5.41, 5.74) is 0.658. The van der Waals surface area contributed by atoms with Crippen LogP contribution in [0.2, 0.25) is 0 Å². The van der Waals surface area contributed by atoms with Gasteiger partial charge in [-0.2, -0.15) is 0 Å². The normalized spacial score (nSPS) is 18.0. The van der Waals surface area contributed by atoms with Gasteiger partial charge in [-0.3, -0.25) is 0 Å². The summed E-state index contributed by atoms with van der Waals surface area (Å²) in [4.78, 5) is 0. The zero-order valence-corrected chi connectivity index (χ0v) is 9.88. The van der Waals surface area contributed by atoms with Gasteiger partial charge in [0.1, 0.15) is 5.75 Å². The molecule has 0 amide bonds. The lowest BCUT2D eigenvalue weighted by Crippen LogP contribution is -2.45. The molecule has 1 aliphatic rings. The molecule has 1 saturated heterocycles. The number of ether oxygens (including phenoxy) is 2. The fourth-order valence-electron chi connectivity index (χ4n) is 1.67. The molecule has 1 aromatic rings. The van der Waals surface area contributed by atoms with Crippen molar-refractivity contribution in [3.63, 3.8) is 0 Å². The Labute approximate surface area is 103 Å². The lowest BCUT2D eigenvalue weighted by molar-refractivity contribution is -0.274. The average molecular weight is 261 g/mol. The van der Waals surface area contributed by atoms with Gasteiger partial charge in [0.05, 0.1) is 13.2 Å². The van der Waals surface area contributed by atoms with Gasteiger partial charge in [-0.1, -0.05) is 13.0 Å². The van der Waals surface area contributed by atoms with E-state index in [1.54, 1.807) is 6.07 Å². The van der Waals surface area contributed by atoms with Gasteiger partial charge < -0.3 is 14.8 Å². The Morgan fingerprint density at radius 1 is 1.39 bits per heavy atom. The van der Waals surface area contributed by atoms with Crippen molar-refractivity contribution in [2.45, 2.75) is 13.3 Å². The van der Waals surface area contributed by atoms with Gasteiger partial charge in [-0.25, -0.2) is 0 Å². The molecule has 0 saturated carbocycles. The molecule has 0 atom stereocenters. The molecule has 0 aliphatic carbocycles. The van der Waals surface area contributed by atoms with Crippen LogP contribution < -0.4 is 10.1 Å². The van der Waals surface area contributed by atoms with Crippen molar-refractivity contribution in [3.05, 3.63) is 24.3 Å². The van der Waals surface area contributed by atoms with Crippen molar-refractivity contribution >= 4 is 5.69 Å². The zero-order chi connectivity index (χ0) is 13.2. The number of hydrogen-bond donors (Lipinski definition) is 1. The van der Waals surface area contributed by atoms with Crippen LogP contribution in [0.25, 0.3) is 0 Å². The quantitative estimate of drug-likeness (QED) is 0.903. The molecule has 18 heavy (non-hydrogen) atoms. The van der Waals surface area contributed by atoms with E-state index < -0.39 is 6.36 Å². The standard InChI is InChI=1S/C12H14F3NO2/c1-11(7-17-8-11)6-16-9-3-2-4-10(5-9)18-12(13,14)15/h2-5,16H,6-8H2,1H3. The summed E-state index contributed by atoms with van der Waals surface area (Å²) in [6, 6.07) is 5.82. The third kappa shape index (κ3) is 3.53. The molecular formula is C12H14F3NO2. The molecule has 2 rings (SSSR count). The average Bonchev–Trinajstić information content (AvgIpc) is 2.22. The molecule has 0 radical (unpaired) electrons. The molecule has 0 aromatic heterocycles. The molecule has 6 heteroatoms.